The molecule has 1 aliphatic heterocycles. The van der Waals surface area contributed by atoms with Crippen LogP contribution in [0, 0.1) is 5.82 Å². The summed E-state index contributed by atoms with van der Waals surface area (Å²) in [6, 6.07) is 1.40. The highest BCUT2D eigenvalue weighted by molar-refractivity contribution is 7.15. The van der Waals surface area contributed by atoms with Gasteiger partial charge in [-0.3, -0.25) is 9.36 Å². The topological polar surface area (TPSA) is 38.1 Å². The van der Waals surface area contributed by atoms with Gasteiger partial charge in [-0.25, -0.2) is 9.37 Å². The Morgan fingerprint density at radius 1 is 1.26 bits per heavy atom. The molecule has 0 amide bonds. The van der Waals surface area contributed by atoms with Crippen molar-refractivity contribution in [3.05, 3.63) is 27.7 Å². The molecule has 0 bridgehead atoms. The van der Waals surface area contributed by atoms with E-state index in [4.69, 9.17) is 0 Å². The average Bonchev–Trinajstić information content (AvgIpc) is 2.73. The summed E-state index contributed by atoms with van der Waals surface area (Å²) in [4.78, 5) is 18.8. The van der Waals surface area contributed by atoms with E-state index in [-0.39, 0.29) is 4.87 Å². The van der Waals surface area contributed by atoms with Crippen molar-refractivity contribution in [2.75, 3.05) is 19.6 Å². The Bertz CT molecular complexity index is 630. The zero-order chi connectivity index (χ0) is 13.2. The molecule has 0 radical (unpaired) electrons. The molecule has 102 valence electrons. The molecule has 0 aromatic carbocycles. The Balaban J connectivity index is 1.81. The van der Waals surface area contributed by atoms with Crippen molar-refractivity contribution in [2.24, 2.45) is 0 Å². The summed E-state index contributed by atoms with van der Waals surface area (Å²) in [6.45, 7) is 3.67. The number of fused-ring (bicyclic) bond motifs is 1. The maximum atomic E-state index is 13.2. The number of likely N-dealkylation sites (tertiary alicyclic amines) is 1. The highest BCUT2D eigenvalue weighted by atomic mass is 32.1. The van der Waals surface area contributed by atoms with Crippen LogP contribution in [-0.2, 0) is 6.54 Å². The molecule has 1 aliphatic rings. The molecule has 4 nitrogen and oxygen atoms in total. The van der Waals surface area contributed by atoms with Crippen LogP contribution in [0.5, 0.6) is 0 Å². The Hall–Kier alpha value is -1.27. The van der Waals surface area contributed by atoms with Crippen LogP contribution in [0.2, 0.25) is 0 Å². The molecule has 2 aromatic heterocycles. The first-order chi connectivity index (χ1) is 9.24. The number of pyridine rings is 1. The second-order valence-electron chi connectivity index (χ2n) is 4.90. The fourth-order valence-electron chi connectivity index (χ4n) is 2.56. The molecule has 0 spiro atoms. The molecule has 0 atom stereocenters. The van der Waals surface area contributed by atoms with E-state index in [9.17, 15) is 9.18 Å². The van der Waals surface area contributed by atoms with E-state index in [1.54, 1.807) is 4.57 Å². The van der Waals surface area contributed by atoms with Gasteiger partial charge < -0.3 is 4.90 Å². The first kappa shape index (κ1) is 12.7. The fourth-order valence-corrected chi connectivity index (χ4v) is 3.40. The fraction of sp³-hybridized carbons (Fsp3) is 0.538. The molecule has 1 saturated heterocycles. The van der Waals surface area contributed by atoms with E-state index in [2.05, 4.69) is 9.88 Å². The van der Waals surface area contributed by atoms with E-state index in [1.807, 2.05) is 0 Å². The summed E-state index contributed by atoms with van der Waals surface area (Å²) in [5, 5.41) is 0. The summed E-state index contributed by atoms with van der Waals surface area (Å²) < 4.78 is 14.9. The van der Waals surface area contributed by atoms with Gasteiger partial charge in [0.1, 0.15) is 10.6 Å². The van der Waals surface area contributed by atoms with Crippen molar-refractivity contribution < 1.29 is 4.39 Å². The van der Waals surface area contributed by atoms with Gasteiger partial charge in [0.2, 0.25) is 0 Å². The Labute approximate surface area is 114 Å². The standard InChI is InChI=1S/C13H16FN3OS/c14-10-8-11-12(15-9-10)19-13(18)17(11)7-6-16-4-2-1-3-5-16/h8-9H,1-7H2. The molecular formula is C13H16FN3OS. The van der Waals surface area contributed by atoms with Crippen LogP contribution in [0.1, 0.15) is 19.3 Å². The van der Waals surface area contributed by atoms with Crippen LogP contribution in [0.15, 0.2) is 17.1 Å². The maximum Gasteiger partial charge on any atom is 0.309 e. The molecule has 3 heterocycles. The number of thiazole rings is 1. The second-order valence-corrected chi connectivity index (χ2v) is 5.84. The van der Waals surface area contributed by atoms with Gasteiger partial charge in [-0.2, -0.15) is 0 Å². The zero-order valence-corrected chi connectivity index (χ0v) is 11.5. The molecule has 0 aliphatic carbocycles. The number of halogens is 1. The minimum absolute atomic E-state index is 0.0508. The maximum absolute atomic E-state index is 13.2. The predicted octanol–water partition coefficient (Wildman–Crippen LogP) is 2.08. The van der Waals surface area contributed by atoms with Gasteiger partial charge in [0.15, 0.2) is 0 Å². The minimum atomic E-state index is -0.392. The minimum Gasteiger partial charge on any atom is -0.302 e. The lowest BCUT2D eigenvalue weighted by Gasteiger charge is -2.26. The van der Waals surface area contributed by atoms with E-state index in [0.29, 0.717) is 16.9 Å². The average molecular weight is 281 g/mol. The summed E-state index contributed by atoms with van der Waals surface area (Å²) in [5.41, 5.74) is 0.618. The highest BCUT2D eigenvalue weighted by Crippen LogP contribution is 2.16. The molecule has 0 N–H and O–H groups in total. The number of hydrogen-bond donors (Lipinski definition) is 0. The molecule has 0 saturated carbocycles. The number of rotatable bonds is 3. The molecule has 2 aromatic rings. The van der Waals surface area contributed by atoms with Crippen molar-refractivity contribution in [3.8, 4) is 0 Å². The summed E-state index contributed by atoms with van der Waals surface area (Å²) in [6.07, 6.45) is 4.92. The number of nitrogens with zero attached hydrogens (tertiary/aromatic N) is 3. The van der Waals surface area contributed by atoms with Gasteiger partial charge in [-0.15, -0.1) is 0 Å². The lowest BCUT2D eigenvalue weighted by atomic mass is 10.1. The zero-order valence-electron chi connectivity index (χ0n) is 10.6. The largest absolute Gasteiger partial charge is 0.309 e. The molecule has 3 rings (SSSR count). The lowest BCUT2D eigenvalue weighted by Crippen LogP contribution is -2.33. The van der Waals surface area contributed by atoms with Crippen molar-refractivity contribution in [1.29, 1.82) is 0 Å². The quantitative estimate of drug-likeness (QED) is 0.864. The molecule has 19 heavy (non-hydrogen) atoms. The van der Waals surface area contributed by atoms with Crippen molar-refractivity contribution in [1.82, 2.24) is 14.5 Å². The van der Waals surface area contributed by atoms with E-state index < -0.39 is 5.82 Å². The van der Waals surface area contributed by atoms with Crippen molar-refractivity contribution in [2.45, 2.75) is 25.8 Å². The predicted molar refractivity (Wildman–Crippen MR) is 74.1 cm³/mol. The summed E-state index contributed by atoms with van der Waals surface area (Å²) in [5.74, 6) is -0.392. The highest BCUT2D eigenvalue weighted by Gasteiger charge is 2.13. The second kappa shape index (κ2) is 5.38. The third-order valence-electron chi connectivity index (χ3n) is 3.58. The van der Waals surface area contributed by atoms with Crippen LogP contribution >= 0.6 is 11.3 Å². The normalized spacial score (nSPS) is 17.1. The van der Waals surface area contributed by atoms with E-state index >= 15 is 0 Å². The van der Waals surface area contributed by atoms with Gasteiger partial charge >= 0.3 is 4.87 Å². The first-order valence-electron chi connectivity index (χ1n) is 6.61. The molecule has 0 unspecified atom stereocenters. The molecular weight excluding hydrogens is 265 g/mol. The Kier molecular flexibility index (Phi) is 3.61. The van der Waals surface area contributed by atoms with Crippen LogP contribution in [-0.4, -0.2) is 34.1 Å². The number of piperidine rings is 1. The van der Waals surface area contributed by atoms with Gasteiger partial charge in [0.05, 0.1) is 11.7 Å². The smallest absolute Gasteiger partial charge is 0.302 e. The summed E-state index contributed by atoms with van der Waals surface area (Å²) in [7, 11) is 0. The van der Waals surface area contributed by atoms with Crippen LogP contribution in [0.3, 0.4) is 0 Å². The molecule has 1 fully saturated rings. The van der Waals surface area contributed by atoms with Crippen LogP contribution in [0.4, 0.5) is 4.39 Å². The number of hydrogen-bond acceptors (Lipinski definition) is 4. The van der Waals surface area contributed by atoms with Crippen LogP contribution in [0.25, 0.3) is 10.3 Å². The van der Waals surface area contributed by atoms with E-state index in [0.717, 1.165) is 37.2 Å². The van der Waals surface area contributed by atoms with Gasteiger partial charge in [0.25, 0.3) is 0 Å². The first-order valence-corrected chi connectivity index (χ1v) is 7.43. The monoisotopic (exact) mass is 281 g/mol. The Morgan fingerprint density at radius 2 is 2.05 bits per heavy atom. The lowest BCUT2D eigenvalue weighted by molar-refractivity contribution is 0.221. The summed E-state index contributed by atoms with van der Waals surface area (Å²) >= 11 is 1.09. The SMILES string of the molecule is O=c1sc2ncc(F)cc2n1CCN1CCCCC1. The van der Waals surface area contributed by atoms with Crippen molar-refractivity contribution >= 4 is 21.7 Å². The third-order valence-corrected chi connectivity index (χ3v) is 4.49. The van der Waals surface area contributed by atoms with Crippen molar-refractivity contribution in [3.63, 3.8) is 0 Å². The van der Waals surface area contributed by atoms with E-state index in [1.165, 1.54) is 25.3 Å². The van der Waals surface area contributed by atoms with Gasteiger partial charge in [-0.1, -0.05) is 17.8 Å². The number of aromatic nitrogens is 2. The van der Waals surface area contributed by atoms with Gasteiger partial charge in [0, 0.05) is 19.2 Å². The molecule has 6 heteroatoms. The van der Waals surface area contributed by atoms with Gasteiger partial charge in [-0.05, 0) is 25.9 Å². The van der Waals surface area contributed by atoms with Crippen LogP contribution < -0.4 is 4.87 Å². The third kappa shape index (κ3) is 2.69. The Morgan fingerprint density at radius 3 is 2.84 bits per heavy atom.